The number of rotatable bonds is 5. The van der Waals surface area contributed by atoms with E-state index >= 15 is 0 Å². The van der Waals surface area contributed by atoms with Crippen LogP contribution >= 0.6 is 0 Å². The Balaban J connectivity index is 1.48. The summed E-state index contributed by atoms with van der Waals surface area (Å²) in [5.41, 5.74) is 3.94. The maximum absolute atomic E-state index is 12.9. The number of amides is 3. The SMILES string of the molecule is Cc1cccc(N2C[C@@H](C(=O)Nc3ccccc3C(=O)NC3CC3)CC2=O)c1C. The molecule has 6 nitrogen and oxygen atoms in total. The van der Waals surface area contributed by atoms with E-state index in [0.717, 1.165) is 29.7 Å². The summed E-state index contributed by atoms with van der Waals surface area (Å²) in [5.74, 6) is -0.929. The molecule has 29 heavy (non-hydrogen) atoms. The third-order valence-electron chi connectivity index (χ3n) is 5.70. The zero-order chi connectivity index (χ0) is 20.5. The van der Waals surface area contributed by atoms with Crippen molar-refractivity contribution in [1.82, 2.24) is 5.32 Å². The number of para-hydroxylation sites is 1. The highest BCUT2D eigenvalue weighted by atomic mass is 16.2. The van der Waals surface area contributed by atoms with Crippen LogP contribution in [0.25, 0.3) is 0 Å². The van der Waals surface area contributed by atoms with E-state index in [1.54, 1.807) is 29.2 Å². The third-order valence-corrected chi connectivity index (χ3v) is 5.70. The fraction of sp³-hybridized carbons (Fsp3) is 0.348. The highest BCUT2D eigenvalue weighted by Crippen LogP contribution is 2.30. The average Bonchev–Trinajstić information content (AvgIpc) is 3.43. The van der Waals surface area contributed by atoms with Gasteiger partial charge in [-0.05, 0) is 56.0 Å². The molecule has 1 heterocycles. The molecule has 0 radical (unpaired) electrons. The molecule has 2 N–H and O–H groups in total. The Kier molecular flexibility index (Phi) is 5.09. The van der Waals surface area contributed by atoms with Crippen LogP contribution in [0.1, 0.15) is 40.7 Å². The van der Waals surface area contributed by atoms with Crippen molar-refractivity contribution in [3.63, 3.8) is 0 Å². The summed E-state index contributed by atoms with van der Waals surface area (Å²) in [6, 6.07) is 13.1. The molecule has 1 saturated heterocycles. The van der Waals surface area contributed by atoms with Gasteiger partial charge < -0.3 is 15.5 Å². The van der Waals surface area contributed by atoms with Crippen molar-refractivity contribution in [3.8, 4) is 0 Å². The standard InChI is InChI=1S/C23H25N3O3/c1-14-6-5-9-20(15(14)2)26-13-16(12-21(26)27)22(28)25-19-8-4-3-7-18(19)23(29)24-17-10-11-17/h3-9,16-17H,10-13H2,1-2H3,(H,24,29)(H,25,28)/t16-/m0/s1. The second kappa shape index (κ2) is 7.70. The van der Waals surface area contributed by atoms with Crippen molar-refractivity contribution in [1.29, 1.82) is 0 Å². The van der Waals surface area contributed by atoms with Gasteiger partial charge in [-0.3, -0.25) is 14.4 Å². The number of anilines is 2. The van der Waals surface area contributed by atoms with Crippen LogP contribution in [-0.4, -0.2) is 30.3 Å². The number of nitrogens with one attached hydrogen (secondary N) is 2. The quantitative estimate of drug-likeness (QED) is 0.822. The van der Waals surface area contributed by atoms with Crippen molar-refractivity contribution >= 4 is 29.1 Å². The third kappa shape index (κ3) is 4.01. The lowest BCUT2D eigenvalue weighted by Gasteiger charge is -2.20. The predicted molar refractivity (Wildman–Crippen MR) is 112 cm³/mol. The second-order valence-corrected chi connectivity index (χ2v) is 7.91. The second-order valence-electron chi connectivity index (χ2n) is 7.91. The lowest BCUT2D eigenvalue weighted by molar-refractivity contribution is -0.122. The van der Waals surface area contributed by atoms with E-state index in [1.165, 1.54) is 0 Å². The molecule has 2 aromatic rings. The van der Waals surface area contributed by atoms with Crippen LogP contribution in [0, 0.1) is 19.8 Å². The van der Waals surface area contributed by atoms with Crippen LogP contribution in [0.3, 0.4) is 0 Å². The molecular weight excluding hydrogens is 366 g/mol. The van der Waals surface area contributed by atoms with Crippen LogP contribution in [0.5, 0.6) is 0 Å². The van der Waals surface area contributed by atoms with Gasteiger partial charge in [0.25, 0.3) is 5.91 Å². The first-order chi connectivity index (χ1) is 13.9. The predicted octanol–water partition coefficient (Wildman–Crippen LogP) is 3.19. The van der Waals surface area contributed by atoms with E-state index < -0.39 is 5.92 Å². The molecular formula is C23H25N3O3. The number of hydrogen-bond donors (Lipinski definition) is 2. The largest absolute Gasteiger partial charge is 0.349 e. The summed E-state index contributed by atoms with van der Waals surface area (Å²) in [5, 5.41) is 5.81. The smallest absolute Gasteiger partial charge is 0.253 e. The van der Waals surface area contributed by atoms with Gasteiger partial charge in [-0.25, -0.2) is 0 Å². The molecule has 2 aromatic carbocycles. The molecule has 2 aliphatic rings. The van der Waals surface area contributed by atoms with Gasteiger partial charge in [-0.1, -0.05) is 24.3 Å². The van der Waals surface area contributed by atoms with Crippen molar-refractivity contribution in [3.05, 3.63) is 59.2 Å². The number of carbonyl (C=O) groups is 3. The molecule has 1 aliphatic carbocycles. The van der Waals surface area contributed by atoms with Crippen LogP contribution < -0.4 is 15.5 Å². The van der Waals surface area contributed by atoms with Gasteiger partial charge in [0, 0.05) is 24.7 Å². The molecule has 0 unspecified atom stereocenters. The van der Waals surface area contributed by atoms with Gasteiger partial charge in [0.05, 0.1) is 17.2 Å². The first-order valence-electron chi connectivity index (χ1n) is 10.0. The molecule has 0 aromatic heterocycles. The minimum absolute atomic E-state index is 0.0568. The van der Waals surface area contributed by atoms with E-state index in [-0.39, 0.29) is 30.2 Å². The number of hydrogen-bond acceptors (Lipinski definition) is 3. The fourth-order valence-corrected chi connectivity index (χ4v) is 3.66. The average molecular weight is 391 g/mol. The molecule has 1 atom stereocenters. The minimum atomic E-state index is -0.457. The summed E-state index contributed by atoms with van der Waals surface area (Å²) < 4.78 is 0. The number of carbonyl (C=O) groups excluding carboxylic acids is 3. The molecule has 4 rings (SSSR count). The Hall–Kier alpha value is -3.15. The van der Waals surface area contributed by atoms with Gasteiger partial charge in [0.1, 0.15) is 0 Å². The monoisotopic (exact) mass is 391 g/mol. The molecule has 1 aliphatic heterocycles. The zero-order valence-corrected chi connectivity index (χ0v) is 16.7. The lowest BCUT2D eigenvalue weighted by atomic mass is 10.1. The van der Waals surface area contributed by atoms with Crippen LogP contribution in [0.15, 0.2) is 42.5 Å². The molecule has 150 valence electrons. The van der Waals surface area contributed by atoms with E-state index in [9.17, 15) is 14.4 Å². The highest BCUT2D eigenvalue weighted by molar-refractivity contribution is 6.07. The van der Waals surface area contributed by atoms with Gasteiger partial charge >= 0.3 is 0 Å². The van der Waals surface area contributed by atoms with Gasteiger partial charge in [-0.2, -0.15) is 0 Å². The topological polar surface area (TPSA) is 78.5 Å². The van der Waals surface area contributed by atoms with E-state index in [0.29, 0.717) is 17.8 Å². The normalized spacial score (nSPS) is 18.6. The lowest BCUT2D eigenvalue weighted by Crippen LogP contribution is -2.30. The van der Waals surface area contributed by atoms with E-state index in [1.807, 2.05) is 32.0 Å². The van der Waals surface area contributed by atoms with Gasteiger partial charge in [-0.15, -0.1) is 0 Å². The van der Waals surface area contributed by atoms with Crippen LogP contribution in [-0.2, 0) is 9.59 Å². The number of benzene rings is 2. The Morgan fingerprint density at radius 1 is 1.03 bits per heavy atom. The Morgan fingerprint density at radius 3 is 2.55 bits per heavy atom. The fourth-order valence-electron chi connectivity index (χ4n) is 3.66. The van der Waals surface area contributed by atoms with Crippen LogP contribution in [0.4, 0.5) is 11.4 Å². The number of nitrogens with zero attached hydrogens (tertiary/aromatic N) is 1. The summed E-state index contributed by atoms with van der Waals surface area (Å²) in [6.45, 7) is 4.33. The van der Waals surface area contributed by atoms with Crippen molar-refractivity contribution < 1.29 is 14.4 Å². The molecule has 1 saturated carbocycles. The summed E-state index contributed by atoms with van der Waals surface area (Å²) in [6.07, 6.45) is 2.16. The van der Waals surface area contributed by atoms with Crippen molar-refractivity contribution in [2.45, 2.75) is 39.2 Å². The Labute approximate surface area is 170 Å². The van der Waals surface area contributed by atoms with E-state index in [2.05, 4.69) is 10.6 Å². The highest BCUT2D eigenvalue weighted by Gasteiger charge is 2.36. The summed E-state index contributed by atoms with van der Waals surface area (Å²) in [4.78, 5) is 39.6. The molecule has 6 heteroatoms. The minimum Gasteiger partial charge on any atom is -0.349 e. The first kappa shape index (κ1) is 19.2. The first-order valence-corrected chi connectivity index (χ1v) is 10.0. The van der Waals surface area contributed by atoms with Crippen molar-refractivity contribution in [2.75, 3.05) is 16.8 Å². The summed E-state index contributed by atoms with van der Waals surface area (Å²) >= 11 is 0. The van der Waals surface area contributed by atoms with Gasteiger partial charge in [0.2, 0.25) is 11.8 Å². The molecule has 3 amide bonds. The Bertz CT molecular complexity index is 981. The zero-order valence-electron chi connectivity index (χ0n) is 16.7. The van der Waals surface area contributed by atoms with E-state index in [4.69, 9.17) is 0 Å². The summed E-state index contributed by atoms with van der Waals surface area (Å²) in [7, 11) is 0. The maximum atomic E-state index is 12.9. The van der Waals surface area contributed by atoms with Crippen molar-refractivity contribution in [2.24, 2.45) is 5.92 Å². The Morgan fingerprint density at radius 2 is 1.79 bits per heavy atom. The van der Waals surface area contributed by atoms with Gasteiger partial charge in [0.15, 0.2) is 0 Å². The van der Waals surface area contributed by atoms with Crippen LogP contribution in [0.2, 0.25) is 0 Å². The molecule has 0 bridgehead atoms. The maximum Gasteiger partial charge on any atom is 0.253 e. The number of aryl methyl sites for hydroxylation is 1. The molecule has 2 fully saturated rings. The molecule has 0 spiro atoms.